The van der Waals surface area contributed by atoms with Crippen molar-refractivity contribution in [2.24, 2.45) is 5.73 Å². The summed E-state index contributed by atoms with van der Waals surface area (Å²) in [6.07, 6.45) is 5.82. The number of hydrogen-bond acceptors (Lipinski definition) is 5. The number of nitrogens with two attached hydrogens (primary N) is 1. The van der Waals surface area contributed by atoms with Gasteiger partial charge in [-0.25, -0.2) is 13.9 Å². The van der Waals surface area contributed by atoms with E-state index >= 15 is 0 Å². The van der Waals surface area contributed by atoms with Gasteiger partial charge in [0.1, 0.15) is 17.9 Å². The molecule has 0 aromatic carbocycles. The average molecular weight is 364 g/mol. The first-order valence-corrected chi connectivity index (χ1v) is 8.65. The highest BCUT2D eigenvalue weighted by Crippen LogP contribution is 2.32. The van der Waals surface area contributed by atoms with Gasteiger partial charge in [-0.15, -0.1) is 0 Å². The molecule has 4 rings (SSSR count). The van der Waals surface area contributed by atoms with Gasteiger partial charge in [0.15, 0.2) is 0 Å². The van der Waals surface area contributed by atoms with Crippen LogP contribution in [0.3, 0.4) is 0 Å². The summed E-state index contributed by atoms with van der Waals surface area (Å²) in [4.78, 5) is 15.9. The zero-order chi connectivity index (χ0) is 19.0. The molecule has 3 aromatic heterocycles. The number of nitriles is 1. The summed E-state index contributed by atoms with van der Waals surface area (Å²) in [5, 5.41) is 16.3. The Kier molecular flexibility index (Phi) is 4.20. The number of anilines is 1. The molecule has 3 heterocycles. The van der Waals surface area contributed by atoms with E-state index in [-0.39, 0.29) is 11.6 Å². The minimum Gasteiger partial charge on any atom is -0.377 e. The second-order valence-electron chi connectivity index (χ2n) is 6.60. The lowest BCUT2D eigenvalue weighted by atomic mass is 10.1. The molecule has 1 amide bonds. The number of primary amides is 1. The van der Waals surface area contributed by atoms with Crippen molar-refractivity contribution in [1.29, 1.82) is 5.26 Å². The zero-order valence-electron chi connectivity index (χ0n) is 14.4. The predicted octanol–water partition coefficient (Wildman–Crippen LogP) is 2.67. The number of nitrogens with zero attached hydrogens (tertiary/aromatic N) is 4. The van der Waals surface area contributed by atoms with Crippen molar-refractivity contribution in [3.05, 3.63) is 48.0 Å². The lowest BCUT2D eigenvalue weighted by molar-refractivity contribution is 0.100. The molecule has 0 unspecified atom stereocenters. The van der Waals surface area contributed by atoms with E-state index in [1.54, 1.807) is 29.0 Å². The Labute approximate surface area is 154 Å². The van der Waals surface area contributed by atoms with Crippen molar-refractivity contribution in [3.63, 3.8) is 0 Å². The van der Waals surface area contributed by atoms with E-state index < -0.39 is 12.1 Å². The van der Waals surface area contributed by atoms with Gasteiger partial charge in [0, 0.05) is 23.5 Å². The molecule has 2 atom stereocenters. The number of pyridine rings is 1. The first-order valence-electron chi connectivity index (χ1n) is 8.65. The fourth-order valence-corrected chi connectivity index (χ4v) is 3.45. The maximum atomic E-state index is 14.1. The maximum absolute atomic E-state index is 14.1. The monoisotopic (exact) mass is 364 g/mol. The van der Waals surface area contributed by atoms with E-state index in [9.17, 15) is 9.18 Å². The van der Waals surface area contributed by atoms with Crippen molar-refractivity contribution >= 4 is 17.1 Å². The number of carbonyl (C=O) groups is 1. The van der Waals surface area contributed by atoms with Crippen LogP contribution in [0.2, 0.25) is 0 Å². The van der Waals surface area contributed by atoms with Crippen molar-refractivity contribution in [2.75, 3.05) is 5.32 Å². The molecule has 0 radical (unpaired) electrons. The van der Waals surface area contributed by atoms with Gasteiger partial charge in [0.2, 0.25) is 0 Å². The smallest absolute Gasteiger partial charge is 0.252 e. The summed E-state index contributed by atoms with van der Waals surface area (Å²) in [6, 6.07) is 6.88. The van der Waals surface area contributed by atoms with Crippen molar-refractivity contribution in [1.82, 2.24) is 14.6 Å². The summed E-state index contributed by atoms with van der Waals surface area (Å²) in [7, 11) is 0. The molecule has 3 aromatic rings. The summed E-state index contributed by atoms with van der Waals surface area (Å²) in [6.45, 7) is 0. The lowest BCUT2D eigenvalue weighted by Gasteiger charge is -2.19. The standard InChI is InChI=1S/C19H17FN6O/c20-15-2-1-3-16(15)25-18-14(19(22)27)9-24-26-10-12(6-17(18)26)11-4-5-13(7-21)23-8-11/h4-6,8-10,15-16,25H,1-3H2,(H2,22,27)/t15-,16+/m0/s1. The van der Waals surface area contributed by atoms with Crippen molar-refractivity contribution < 1.29 is 9.18 Å². The lowest BCUT2D eigenvalue weighted by Crippen LogP contribution is -2.27. The number of rotatable bonds is 4. The largest absolute Gasteiger partial charge is 0.377 e. The Morgan fingerprint density at radius 3 is 2.81 bits per heavy atom. The van der Waals surface area contributed by atoms with E-state index in [1.807, 2.05) is 12.1 Å². The fourth-order valence-electron chi connectivity index (χ4n) is 3.45. The van der Waals surface area contributed by atoms with Crippen LogP contribution in [0.1, 0.15) is 35.3 Å². The normalized spacial score (nSPS) is 19.1. The Morgan fingerprint density at radius 1 is 1.33 bits per heavy atom. The summed E-state index contributed by atoms with van der Waals surface area (Å²) in [5.74, 6) is -0.622. The van der Waals surface area contributed by atoms with Crippen LogP contribution in [0.5, 0.6) is 0 Å². The number of carbonyl (C=O) groups excluding carboxylic acids is 1. The van der Waals surface area contributed by atoms with Crippen LogP contribution in [0, 0.1) is 11.3 Å². The molecule has 1 aliphatic carbocycles. The van der Waals surface area contributed by atoms with Crippen LogP contribution < -0.4 is 11.1 Å². The van der Waals surface area contributed by atoms with Gasteiger partial charge in [-0.2, -0.15) is 10.4 Å². The van der Waals surface area contributed by atoms with E-state index in [1.165, 1.54) is 6.20 Å². The van der Waals surface area contributed by atoms with Crippen molar-refractivity contribution in [3.8, 4) is 17.2 Å². The van der Waals surface area contributed by atoms with Gasteiger partial charge in [-0.1, -0.05) is 0 Å². The number of halogens is 1. The highest BCUT2D eigenvalue weighted by atomic mass is 19.1. The molecule has 1 fully saturated rings. The van der Waals surface area contributed by atoms with Crippen LogP contribution in [-0.4, -0.2) is 32.7 Å². The quantitative estimate of drug-likeness (QED) is 0.740. The molecule has 8 heteroatoms. The van der Waals surface area contributed by atoms with Crippen LogP contribution in [0.15, 0.2) is 36.8 Å². The molecule has 1 saturated carbocycles. The fraction of sp³-hybridized carbons (Fsp3) is 0.263. The van der Waals surface area contributed by atoms with Crippen LogP contribution >= 0.6 is 0 Å². The van der Waals surface area contributed by atoms with Gasteiger partial charge in [-0.05, 0) is 37.5 Å². The Bertz CT molecular complexity index is 1050. The first kappa shape index (κ1) is 17.0. The van der Waals surface area contributed by atoms with Gasteiger partial charge in [0.25, 0.3) is 5.91 Å². The number of aromatic nitrogens is 3. The molecule has 7 nitrogen and oxygen atoms in total. The Hall–Kier alpha value is -3.47. The molecule has 3 N–H and O–H groups in total. The number of alkyl halides is 1. The molecule has 0 saturated heterocycles. The maximum Gasteiger partial charge on any atom is 0.252 e. The van der Waals surface area contributed by atoms with Gasteiger partial charge < -0.3 is 11.1 Å². The molecule has 136 valence electrons. The minimum atomic E-state index is -0.962. The Morgan fingerprint density at radius 2 is 2.19 bits per heavy atom. The van der Waals surface area contributed by atoms with Crippen LogP contribution in [-0.2, 0) is 0 Å². The second kappa shape index (κ2) is 6.68. The van der Waals surface area contributed by atoms with Crippen LogP contribution in [0.25, 0.3) is 16.6 Å². The summed E-state index contributed by atoms with van der Waals surface area (Å²) < 4.78 is 15.7. The predicted molar refractivity (Wildman–Crippen MR) is 97.8 cm³/mol. The average Bonchev–Trinajstić information content (AvgIpc) is 3.28. The zero-order valence-corrected chi connectivity index (χ0v) is 14.4. The topological polar surface area (TPSA) is 109 Å². The van der Waals surface area contributed by atoms with Gasteiger partial charge in [0.05, 0.1) is 29.0 Å². The summed E-state index contributed by atoms with van der Waals surface area (Å²) in [5.41, 5.74) is 8.78. The number of nitrogens with one attached hydrogen (secondary N) is 1. The third kappa shape index (κ3) is 3.08. The molecular weight excluding hydrogens is 347 g/mol. The highest BCUT2D eigenvalue weighted by Gasteiger charge is 2.28. The second-order valence-corrected chi connectivity index (χ2v) is 6.60. The minimum absolute atomic E-state index is 0.226. The Balaban J connectivity index is 1.80. The molecule has 1 aliphatic rings. The third-order valence-electron chi connectivity index (χ3n) is 4.88. The van der Waals surface area contributed by atoms with E-state index in [0.29, 0.717) is 29.7 Å². The first-order chi connectivity index (χ1) is 13.1. The number of hydrogen-bond donors (Lipinski definition) is 2. The van der Waals surface area contributed by atoms with Gasteiger partial charge in [-0.3, -0.25) is 4.79 Å². The van der Waals surface area contributed by atoms with Crippen molar-refractivity contribution in [2.45, 2.75) is 31.5 Å². The number of amides is 1. The van der Waals surface area contributed by atoms with E-state index in [2.05, 4.69) is 15.4 Å². The molecule has 0 spiro atoms. The van der Waals surface area contributed by atoms with Crippen LogP contribution in [0.4, 0.5) is 10.1 Å². The molecular formula is C19H17FN6O. The molecule has 27 heavy (non-hydrogen) atoms. The number of fused-ring (bicyclic) bond motifs is 1. The van der Waals surface area contributed by atoms with E-state index in [4.69, 9.17) is 11.0 Å². The third-order valence-corrected chi connectivity index (χ3v) is 4.88. The SMILES string of the molecule is N#Cc1ccc(-c2cc3c(N[C@@H]4CCC[C@@H]4F)c(C(N)=O)cnn3c2)cn1. The highest BCUT2D eigenvalue weighted by molar-refractivity contribution is 6.02. The van der Waals surface area contributed by atoms with E-state index in [0.717, 1.165) is 17.5 Å². The van der Waals surface area contributed by atoms with Gasteiger partial charge >= 0.3 is 0 Å². The summed E-state index contributed by atoms with van der Waals surface area (Å²) >= 11 is 0. The molecule has 0 aliphatic heterocycles. The molecule has 0 bridgehead atoms.